The van der Waals surface area contributed by atoms with Gasteiger partial charge in [-0.15, -0.1) is 23.5 Å². The lowest BCUT2D eigenvalue weighted by Gasteiger charge is -2.19. The van der Waals surface area contributed by atoms with Crippen LogP contribution in [0.25, 0.3) is 0 Å². The summed E-state index contributed by atoms with van der Waals surface area (Å²) in [5, 5.41) is 4.10. The SMILES string of the molecule is CC1(CC(=O)NN=Cc2cc(Br)c(OCc3ccc(Br)cc3)c(Br)c2)SCCS1. The van der Waals surface area contributed by atoms with E-state index in [1.807, 2.05) is 59.9 Å². The highest BCUT2D eigenvalue weighted by Gasteiger charge is 2.32. The van der Waals surface area contributed by atoms with E-state index in [0.29, 0.717) is 13.0 Å². The minimum absolute atomic E-state index is 0.0422. The normalized spacial score (nSPS) is 15.6. The first kappa shape index (κ1) is 23.2. The molecule has 1 N–H and O–H groups in total. The van der Waals surface area contributed by atoms with E-state index in [2.05, 4.69) is 65.2 Å². The van der Waals surface area contributed by atoms with Crippen molar-refractivity contribution in [1.82, 2.24) is 5.43 Å². The number of carbonyl (C=O) groups is 1. The average Bonchev–Trinajstić information content (AvgIpc) is 3.08. The van der Waals surface area contributed by atoms with Crippen LogP contribution < -0.4 is 10.2 Å². The summed E-state index contributed by atoms with van der Waals surface area (Å²) in [7, 11) is 0. The molecule has 0 aromatic heterocycles. The molecule has 1 aliphatic heterocycles. The molecule has 0 atom stereocenters. The lowest BCUT2D eigenvalue weighted by Crippen LogP contribution is -2.26. The molecule has 0 saturated carbocycles. The third kappa shape index (κ3) is 7.02. The zero-order chi connectivity index (χ0) is 20.9. The van der Waals surface area contributed by atoms with Crippen molar-refractivity contribution in [2.45, 2.75) is 24.0 Å². The van der Waals surface area contributed by atoms with Crippen LogP contribution in [0.4, 0.5) is 0 Å². The van der Waals surface area contributed by atoms with Crippen LogP contribution in [0.15, 0.2) is 54.9 Å². The molecule has 1 fully saturated rings. The molecule has 0 radical (unpaired) electrons. The van der Waals surface area contributed by atoms with Gasteiger partial charge in [-0.2, -0.15) is 5.10 Å². The van der Waals surface area contributed by atoms with Crippen LogP contribution in [0.2, 0.25) is 0 Å². The number of hydrazone groups is 1. The maximum atomic E-state index is 12.1. The second-order valence-corrected chi connectivity index (χ2v) is 12.6. The second-order valence-electron chi connectivity index (χ2n) is 6.53. The van der Waals surface area contributed by atoms with Crippen LogP contribution in [-0.2, 0) is 11.4 Å². The first-order chi connectivity index (χ1) is 13.8. The highest BCUT2D eigenvalue weighted by Crippen LogP contribution is 2.45. The van der Waals surface area contributed by atoms with E-state index in [4.69, 9.17) is 4.74 Å². The Labute approximate surface area is 204 Å². The summed E-state index contributed by atoms with van der Waals surface area (Å²) in [6.45, 7) is 2.57. The van der Waals surface area contributed by atoms with E-state index in [1.165, 1.54) is 0 Å². The van der Waals surface area contributed by atoms with Crippen LogP contribution in [-0.4, -0.2) is 27.7 Å². The smallest absolute Gasteiger partial charge is 0.242 e. The fourth-order valence-corrected chi connectivity index (χ4v) is 7.24. The summed E-state index contributed by atoms with van der Waals surface area (Å²) in [6.07, 6.45) is 2.08. The van der Waals surface area contributed by atoms with Crippen molar-refractivity contribution in [1.29, 1.82) is 0 Å². The number of hydrogen-bond acceptors (Lipinski definition) is 5. The number of nitrogens with one attached hydrogen (secondary N) is 1. The molecule has 0 bridgehead atoms. The van der Waals surface area contributed by atoms with Gasteiger partial charge in [0.2, 0.25) is 5.91 Å². The van der Waals surface area contributed by atoms with E-state index in [0.717, 1.165) is 41.8 Å². The van der Waals surface area contributed by atoms with Gasteiger partial charge < -0.3 is 4.74 Å². The monoisotopic (exact) mass is 620 g/mol. The summed E-state index contributed by atoms with van der Waals surface area (Å²) >= 11 is 14.2. The summed E-state index contributed by atoms with van der Waals surface area (Å²) in [6, 6.07) is 11.8. The van der Waals surface area contributed by atoms with E-state index in [9.17, 15) is 4.79 Å². The third-order valence-corrected chi connectivity index (χ3v) is 9.10. The molecular formula is C20H19Br3N2O2S2. The molecule has 1 aliphatic rings. The Kier molecular flexibility index (Phi) is 8.56. The minimum atomic E-state index is -0.0711. The first-order valence-corrected chi connectivity index (χ1v) is 13.2. The van der Waals surface area contributed by atoms with Gasteiger partial charge in [-0.25, -0.2) is 5.43 Å². The van der Waals surface area contributed by atoms with E-state index >= 15 is 0 Å². The lowest BCUT2D eigenvalue weighted by molar-refractivity contribution is -0.121. The highest BCUT2D eigenvalue weighted by atomic mass is 79.9. The summed E-state index contributed by atoms with van der Waals surface area (Å²) < 4.78 is 8.56. The molecule has 29 heavy (non-hydrogen) atoms. The number of rotatable bonds is 7. The molecule has 1 amide bonds. The van der Waals surface area contributed by atoms with Gasteiger partial charge in [-0.05, 0) is 74.2 Å². The minimum Gasteiger partial charge on any atom is -0.487 e. The number of nitrogens with zero attached hydrogens (tertiary/aromatic N) is 1. The van der Waals surface area contributed by atoms with Gasteiger partial charge in [-0.1, -0.05) is 28.1 Å². The number of carbonyl (C=O) groups excluding carboxylic acids is 1. The van der Waals surface area contributed by atoms with Crippen molar-refractivity contribution >= 4 is 83.4 Å². The maximum Gasteiger partial charge on any atom is 0.242 e. The predicted octanol–water partition coefficient (Wildman–Crippen LogP) is 6.59. The molecule has 9 heteroatoms. The van der Waals surface area contributed by atoms with E-state index in [-0.39, 0.29) is 9.99 Å². The van der Waals surface area contributed by atoms with Crippen LogP contribution >= 0.6 is 71.3 Å². The summed E-state index contributed by atoms with van der Waals surface area (Å²) in [4.78, 5) is 12.1. The van der Waals surface area contributed by atoms with Crippen molar-refractivity contribution < 1.29 is 9.53 Å². The Morgan fingerprint density at radius 2 is 1.79 bits per heavy atom. The molecule has 154 valence electrons. The fourth-order valence-electron chi connectivity index (χ4n) is 2.70. The number of thioether (sulfide) groups is 2. The Morgan fingerprint density at radius 1 is 1.17 bits per heavy atom. The van der Waals surface area contributed by atoms with E-state index in [1.54, 1.807) is 6.21 Å². The number of ether oxygens (including phenoxy) is 1. The second kappa shape index (κ2) is 10.7. The molecule has 1 heterocycles. The molecule has 0 unspecified atom stereocenters. The Morgan fingerprint density at radius 3 is 2.41 bits per heavy atom. The number of benzene rings is 2. The van der Waals surface area contributed by atoms with Crippen LogP contribution in [0, 0.1) is 0 Å². The lowest BCUT2D eigenvalue weighted by atomic mass is 10.2. The van der Waals surface area contributed by atoms with Crippen LogP contribution in [0.3, 0.4) is 0 Å². The third-order valence-electron chi connectivity index (χ3n) is 4.10. The highest BCUT2D eigenvalue weighted by molar-refractivity contribution is 9.11. The van der Waals surface area contributed by atoms with Crippen molar-refractivity contribution in [2.75, 3.05) is 11.5 Å². The molecule has 3 rings (SSSR count). The number of amides is 1. The Bertz CT molecular complexity index is 878. The average molecular weight is 623 g/mol. The zero-order valence-electron chi connectivity index (χ0n) is 15.6. The number of hydrogen-bond donors (Lipinski definition) is 1. The largest absolute Gasteiger partial charge is 0.487 e. The molecule has 4 nitrogen and oxygen atoms in total. The maximum absolute atomic E-state index is 12.1. The van der Waals surface area contributed by atoms with Crippen molar-refractivity contribution in [3.63, 3.8) is 0 Å². The summed E-state index contributed by atoms with van der Waals surface area (Å²) in [5.74, 6) is 2.84. The molecule has 0 spiro atoms. The number of halogens is 3. The standard InChI is InChI=1S/C20H19Br3N2O2S2/c1-20(28-6-7-29-20)10-18(26)25-24-11-14-8-16(22)19(17(23)9-14)27-12-13-2-4-15(21)5-3-13/h2-5,8-9,11H,6-7,10,12H2,1H3,(H,25,26). The van der Waals surface area contributed by atoms with Crippen LogP contribution in [0.5, 0.6) is 5.75 Å². The van der Waals surface area contributed by atoms with Gasteiger partial charge in [0.25, 0.3) is 0 Å². The summed E-state index contributed by atoms with van der Waals surface area (Å²) in [5.41, 5.74) is 4.55. The molecule has 0 aliphatic carbocycles. The quantitative estimate of drug-likeness (QED) is 0.280. The van der Waals surface area contributed by atoms with Gasteiger partial charge in [0, 0.05) is 16.0 Å². The molecular weight excluding hydrogens is 604 g/mol. The van der Waals surface area contributed by atoms with E-state index < -0.39 is 0 Å². The molecule has 1 saturated heterocycles. The van der Waals surface area contributed by atoms with Crippen LogP contribution in [0.1, 0.15) is 24.5 Å². The Hall–Kier alpha value is -0.480. The van der Waals surface area contributed by atoms with Gasteiger partial charge in [-0.3, -0.25) is 4.79 Å². The fraction of sp³-hybridized carbons (Fsp3) is 0.300. The van der Waals surface area contributed by atoms with Gasteiger partial charge in [0.05, 0.1) is 25.7 Å². The zero-order valence-corrected chi connectivity index (χ0v) is 22.0. The first-order valence-electron chi connectivity index (χ1n) is 8.81. The predicted molar refractivity (Wildman–Crippen MR) is 134 cm³/mol. The topological polar surface area (TPSA) is 50.7 Å². The van der Waals surface area contributed by atoms with Gasteiger partial charge in [0.15, 0.2) is 0 Å². The van der Waals surface area contributed by atoms with Crippen molar-refractivity contribution in [2.24, 2.45) is 5.10 Å². The van der Waals surface area contributed by atoms with Gasteiger partial charge >= 0.3 is 0 Å². The van der Waals surface area contributed by atoms with Crippen molar-refractivity contribution in [3.05, 3.63) is 60.9 Å². The molecule has 2 aromatic carbocycles. The van der Waals surface area contributed by atoms with Crippen molar-refractivity contribution in [3.8, 4) is 5.75 Å². The molecule has 2 aromatic rings. The Balaban J connectivity index is 1.57. The van der Waals surface area contributed by atoms with Gasteiger partial charge in [0.1, 0.15) is 12.4 Å².